The molecule has 2 saturated carbocycles. The van der Waals surface area contributed by atoms with Crippen molar-refractivity contribution in [3.63, 3.8) is 0 Å². The van der Waals surface area contributed by atoms with Crippen molar-refractivity contribution in [2.45, 2.75) is 38.6 Å². The summed E-state index contributed by atoms with van der Waals surface area (Å²) in [7, 11) is 0. The summed E-state index contributed by atoms with van der Waals surface area (Å²) in [5.41, 5.74) is 0. The second-order valence-corrected chi connectivity index (χ2v) is 7.11. The highest BCUT2D eigenvalue weighted by Gasteiger charge is 2.54. The molecule has 0 amide bonds. The second-order valence-electron chi connectivity index (χ2n) is 5.37. The normalized spacial score (nSPS) is 33.2. The molecule has 2 aliphatic carbocycles. The Bertz CT molecular complexity index is 377. The van der Waals surface area contributed by atoms with E-state index in [0.29, 0.717) is 6.04 Å². The predicted molar refractivity (Wildman–Crippen MR) is 74.7 cm³/mol. The molecule has 1 nitrogen and oxygen atoms in total. The molecule has 1 aromatic heterocycles. The van der Waals surface area contributed by atoms with E-state index in [1.54, 1.807) is 11.3 Å². The first-order chi connectivity index (χ1) is 8.31. The van der Waals surface area contributed by atoms with Crippen LogP contribution in [-0.4, -0.2) is 6.54 Å². The molecule has 2 aliphatic rings. The molecule has 0 aliphatic heterocycles. The van der Waals surface area contributed by atoms with E-state index in [2.05, 4.69) is 18.3 Å². The average Bonchev–Trinajstić information content (AvgIpc) is 2.90. The fraction of sp³-hybridized carbons (Fsp3) is 0.714. The van der Waals surface area contributed by atoms with Gasteiger partial charge in [0, 0.05) is 10.9 Å². The molecule has 17 heavy (non-hydrogen) atoms. The molecule has 1 N–H and O–H groups in total. The molecule has 0 spiro atoms. The van der Waals surface area contributed by atoms with Crippen LogP contribution in [0.1, 0.15) is 43.5 Å². The second kappa shape index (κ2) is 4.91. The minimum atomic E-state index is 0.561. The van der Waals surface area contributed by atoms with Gasteiger partial charge in [0.05, 0.1) is 4.34 Å². The number of halogens is 1. The SMILES string of the molecule is CCNC(c1ccc(Cl)s1)C1C2CCCCC21. The molecule has 0 radical (unpaired) electrons. The lowest BCUT2D eigenvalue weighted by Gasteiger charge is -2.16. The minimum absolute atomic E-state index is 0.561. The third-order valence-electron chi connectivity index (χ3n) is 4.43. The molecule has 0 saturated heterocycles. The van der Waals surface area contributed by atoms with Crippen LogP contribution in [0.25, 0.3) is 0 Å². The molecule has 3 atom stereocenters. The van der Waals surface area contributed by atoms with Gasteiger partial charge in [0.25, 0.3) is 0 Å². The molecule has 1 heterocycles. The van der Waals surface area contributed by atoms with Crippen LogP contribution in [-0.2, 0) is 0 Å². The van der Waals surface area contributed by atoms with Gasteiger partial charge in [-0.25, -0.2) is 0 Å². The number of rotatable bonds is 4. The zero-order chi connectivity index (χ0) is 11.8. The predicted octanol–water partition coefficient (Wildman–Crippen LogP) is 4.49. The largest absolute Gasteiger partial charge is 0.309 e. The van der Waals surface area contributed by atoms with E-state index in [1.807, 2.05) is 6.07 Å². The van der Waals surface area contributed by atoms with Crippen molar-refractivity contribution in [1.82, 2.24) is 5.32 Å². The lowest BCUT2D eigenvalue weighted by atomic mass is 10.0. The molecular weight excluding hydrogens is 250 g/mol. The zero-order valence-electron chi connectivity index (χ0n) is 10.3. The molecule has 1 aromatic rings. The van der Waals surface area contributed by atoms with Gasteiger partial charge in [0.1, 0.15) is 0 Å². The summed E-state index contributed by atoms with van der Waals surface area (Å²) in [5.74, 6) is 2.87. The van der Waals surface area contributed by atoms with Crippen molar-refractivity contribution < 1.29 is 0 Å². The van der Waals surface area contributed by atoms with E-state index in [-0.39, 0.29) is 0 Å². The highest BCUT2D eigenvalue weighted by molar-refractivity contribution is 7.16. The Morgan fingerprint density at radius 2 is 2.06 bits per heavy atom. The topological polar surface area (TPSA) is 12.0 Å². The van der Waals surface area contributed by atoms with Crippen LogP contribution < -0.4 is 5.32 Å². The van der Waals surface area contributed by atoms with E-state index < -0.39 is 0 Å². The molecule has 3 unspecified atom stereocenters. The third-order valence-corrected chi connectivity index (χ3v) is 5.75. The van der Waals surface area contributed by atoms with Gasteiger partial charge in [-0.05, 0) is 49.3 Å². The van der Waals surface area contributed by atoms with Gasteiger partial charge < -0.3 is 5.32 Å². The first-order valence-electron chi connectivity index (χ1n) is 6.80. The molecule has 2 fully saturated rings. The van der Waals surface area contributed by atoms with E-state index in [1.165, 1.54) is 30.6 Å². The Morgan fingerprint density at radius 1 is 1.35 bits per heavy atom. The van der Waals surface area contributed by atoms with Crippen LogP contribution >= 0.6 is 22.9 Å². The summed E-state index contributed by atoms with van der Waals surface area (Å²) in [5, 5.41) is 3.68. The maximum Gasteiger partial charge on any atom is 0.0931 e. The van der Waals surface area contributed by atoms with Crippen molar-refractivity contribution in [3.8, 4) is 0 Å². The van der Waals surface area contributed by atoms with E-state index >= 15 is 0 Å². The minimum Gasteiger partial charge on any atom is -0.309 e. The quantitative estimate of drug-likeness (QED) is 0.849. The van der Waals surface area contributed by atoms with Crippen LogP contribution in [0.5, 0.6) is 0 Å². The molecular formula is C14H20ClNS. The summed E-state index contributed by atoms with van der Waals surface area (Å²) in [6.07, 6.45) is 5.80. The van der Waals surface area contributed by atoms with Gasteiger partial charge in [-0.2, -0.15) is 0 Å². The van der Waals surface area contributed by atoms with Crippen molar-refractivity contribution in [3.05, 3.63) is 21.3 Å². The summed E-state index contributed by atoms with van der Waals surface area (Å²) in [4.78, 5) is 1.44. The molecule has 3 heteroatoms. The number of hydrogen-bond donors (Lipinski definition) is 1. The first kappa shape index (κ1) is 12.0. The summed E-state index contributed by atoms with van der Waals surface area (Å²) >= 11 is 7.83. The first-order valence-corrected chi connectivity index (χ1v) is 7.99. The Labute approximate surface area is 113 Å². The standard InChI is InChI=1S/C14H20ClNS/c1-2-16-14(11-7-8-12(15)17-11)13-9-5-3-4-6-10(9)13/h7-10,13-14,16H,2-6H2,1H3. The highest BCUT2D eigenvalue weighted by Crippen LogP contribution is 2.60. The van der Waals surface area contributed by atoms with Crippen molar-refractivity contribution in [2.24, 2.45) is 17.8 Å². The number of thiophene rings is 1. The van der Waals surface area contributed by atoms with Crippen molar-refractivity contribution in [1.29, 1.82) is 0 Å². The number of hydrogen-bond acceptors (Lipinski definition) is 2. The van der Waals surface area contributed by atoms with Crippen LogP contribution in [0.3, 0.4) is 0 Å². The molecule has 0 bridgehead atoms. The molecule has 0 aromatic carbocycles. The van der Waals surface area contributed by atoms with Gasteiger partial charge in [-0.15, -0.1) is 11.3 Å². The maximum atomic E-state index is 6.07. The van der Waals surface area contributed by atoms with Gasteiger partial charge in [-0.1, -0.05) is 31.4 Å². The van der Waals surface area contributed by atoms with Gasteiger partial charge in [0.15, 0.2) is 0 Å². The van der Waals surface area contributed by atoms with Gasteiger partial charge in [-0.3, -0.25) is 0 Å². The Hall–Kier alpha value is -0.0500. The average molecular weight is 270 g/mol. The van der Waals surface area contributed by atoms with Crippen LogP contribution in [0.15, 0.2) is 12.1 Å². The Kier molecular flexibility index (Phi) is 3.47. The lowest BCUT2D eigenvalue weighted by Crippen LogP contribution is -2.22. The Balaban J connectivity index is 1.76. The van der Waals surface area contributed by atoms with E-state index in [9.17, 15) is 0 Å². The number of nitrogens with one attached hydrogen (secondary N) is 1. The fourth-order valence-corrected chi connectivity index (χ4v) is 4.88. The van der Waals surface area contributed by atoms with E-state index in [4.69, 9.17) is 11.6 Å². The smallest absolute Gasteiger partial charge is 0.0931 e. The van der Waals surface area contributed by atoms with Crippen LogP contribution in [0.2, 0.25) is 4.34 Å². The van der Waals surface area contributed by atoms with Crippen LogP contribution in [0.4, 0.5) is 0 Å². The van der Waals surface area contributed by atoms with Crippen molar-refractivity contribution >= 4 is 22.9 Å². The van der Waals surface area contributed by atoms with E-state index in [0.717, 1.165) is 28.6 Å². The van der Waals surface area contributed by atoms with Gasteiger partial charge >= 0.3 is 0 Å². The Morgan fingerprint density at radius 3 is 2.59 bits per heavy atom. The number of fused-ring (bicyclic) bond motifs is 1. The highest BCUT2D eigenvalue weighted by atomic mass is 35.5. The molecule has 94 valence electrons. The summed E-state index contributed by atoms with van der Waals surface area (Å²) < 4.78 is 0.923. The summed E-state index contributed by atoms with van der Waals surface area (Å²) in [6.45, 7) is 3.25. The van der Waals surface area contributed by atoms with Crippen LogP contribution in [0, 0.1) is 17.8 Å². The summed E-state index contributed by atoms with van der Waals surface area (Å²) in [6, 6.07) is 4.81. The maximum absolute atomic E-state index is 6.07. The zero-order valence-corrected chi connectivity index (χ0v) is 11.9. The lowest BCUT2D eigenvalue weighted by molar-refractivity contribution is 0.463. The van der Waals surface area contributed by atoms with Gasteiger partial charge in [0.2, 0.25) is 0 Å². The van der Waals surface area contributed by atoms with Crippen molar-refractivity contribution in [2.75, 3.05) is 6.54 Å². The monoisotopic (exact) mass is 269 g/mol. The molecule has 3 rings (SSSR count). The third kappa shape index (κ3) is 2.27. The fourth-order valence-electron chi connectivity index (χ4n) is 3.68.